The Morgan fingerprint density at radius 1 is 1.12 bits per heavy atom. The van der Waals surface area contributed by atoms with E-state index in [0.717, 1.165) is 16.8 Å². The second-order valence-electron chi connectivity index (χ2n) is 7.69. The second kappa shape index (κ2) is 10.4. The highest BCUT2D eigenvalue weighted by Gasteiger charge is 2.33. The van der Waals surface area contributed by atoms with Crippen molar-refractivity contribution < 1.29 is 14.3 Å². The molecule has 172 valence electrons. The zero-order valence-corrected chi connectivity index (χ0v) is 20.9. The topological polar surface area (TPSA) is 58.6 Å². The van der Waals surface area contributed by atoms with E-state index in [4.69, 9.17) is 28.6 Å². The number of amides is 2. The number of thioether (sulfide) groups is 1. The molecule has 0 unspecified atom stereocenters. The first kappa shape index (κ1) is 24.0. The molecule has 0 radical (unpaired) electrons. The largest absolute Gasteiger partial charge is 0.483 e. The van der Waals surface area contributed by atoms with Gasteiger partial charge in [0.2, 0.25) is 0 Å². The van der Waals surface area contributed by atoms with Crippen molar-refractivity contribution in [2.24, 2.45) is 0 Å². The van der Waals surface area contributed by atoms with Crippen LogP contribution in [0.15, 0.2) is 71.6 Å². The minimum Gasteiger partial charge on any atom is -0.483 e. The molecule has 1 saturated heterocycles. The van der Waals surface area contributed by atoms with Crippen LogP contribution in [0.4, 0.5) is 11.4 Å². The van der Waals surface area contributed by atoms with Gasteiger partial charge in [0.1, 0.15) is 5.75 Å². The van der Waals surface area contributed by atoms with Gasteiger partial charge in [-0.1, -0.05) is 65.9 Å². The summed E-state index contributed by atoms with van der Waals surface area (Å²) in [5, 5.41) is 3.46. The van der Waals surface area contributed by atoms with Crippen molar-refractivity contribution in [1.29, 1.82) is 0 Å². The molecule has 0 bridgehead atoms. The molecule has 34 heavy (non-hydrogen) atoms. The molecule has 8 heteroatoms. The first-order chi connectivity index (χ1) is 16.3. The van der Waals surface area contributed by atoms with E-state index in [0.29, 0.717) is 31.2 Å². The highest BCUT2D eigenvalue weighted by Crippen LogP contribution is 2.37. The maximum Gasteiger partial charge on any atom is 0.270 e. The number of nitrogens with one attached hydrogen (secondary N) is 1. The van der Waals surface area contributed by atoms with Crippen molar-refractivity contribution in [2.75, 3.05) is 16.8 Å². The fourth-order valence-electron chi connectivity index (χ4n) is 3.35. The lowest BCUT2D eigenvalue weighted by molar-refractivity contribution is -0.118. The standard InChI is InChI=1S/C26H21ClN2O3S2/c1-16-7-8-17(2)21(13-16)28-24(30)15-32-22-6-4-3-5-18(22)14-23-25(31)29(26(33)34-23)20-11-9-19(27)10-12-20/h3-14H,15H2,1-2H3,(H,28,30)/b23-14-. The van der Waals surface area contributed by atoms with Gasteiger partial charge in [-0.25, -0.2) is 0 Å². The predicted molar refractivity (Wildman–Crippen MR) is 144 cm³/mol. The number of benzene rings is 3. The number of hydrogen-bond acceptors (Lipinski definition) is 5. The monoisotopic (exact) mass is 508 g/mol. The normalized spacial score (nSPS) is 14.6. The maximum absolute atomic E-state index is 13.1. The molecule has 0 aliphatic carbocycles. The summed E-state index contributed by atoms with van der Waals surface area (Å²) in [6.45, 7) is 3.74. The summed E-state index contributed by atoms with van der Waals surface area (Å²) in [6, 6.07) is 20.0. The van der Waals surface area contributed by atoms with Crippen LogP contribution in [0, 0.1) is 13.8 Å². The highest BCUT2D eigenvalue weighted by atomic mass is 35.5. The Hall–Kier alpha value is -3.13. The van der Waals surface area contributed by atoms with Crippen LogP contribution in [-0.2, 0) is 9.59 Å². The Morgan fingerprint density at radius 3 is 2.62 bits per heavy atom. The van der Waals surface area contributed by atoms with Gasteiger partial charge in [-0.3, -0.25) is 14.5 Å². The Kier molecular flexibility index (Phi) is 7.36. The Bertz CT molecular complexity index is 1310. The number of hydrogen-bond donors (Lipinski definition) is 1. The second-order valence-corrected chi connectivity index (χ2v) is 9.80. The minimum atomic E-state index is -0.266. The number of anilines is 2. The molecule has 1 aliphatic heterocycles. The van der Waals surface area contributed by atoms with Crippen LogP contribution in [0.1, 0.15) is 16.7 Å². The number of aryl methyl sites for hydroxylation is 2. The molecular formula is C26H21ClN2O3S2. The summed E-state index contributed by atoms with van der Waals surface area (Å²) >= 11 is 12.6. The van der Waals surface area contributed by atoms with Gasteiger partial charge in [-0.2, -0.15) is 0 Å². The molecule has 4 rings (SSSR count). The van der Waals surface area contributed by atoms with Crippen molar-refractivity contribution in [2.45, 2.75) is 13.8 Å². The average molecular weight is 509 g/mol. The molecule has 0 saturated carbocycles. The number of nitrogens with zero attached hydrogens (tertiary/aromatic N) is 1. The van der Waals surface area contributed by atoms with Gasteiger partial charge in [0, 0.05) is 16.3 Å². The van der Waals surface area contributed by atoms with E-state index in [1.165, 1.54) is 16.7 Å². The molecule has 2 amide bonds. The zero-order valence-electron chi connectivity index (χ0n) is 18.5. The van der Waals surface area contributed by atoms with Crippen molar-refractivity contribution in [3.8, 4) is 5.75 Å². The lowest BCUT2D eigenvalue weighted by Gasteiger charge is -2.14. The number of thiocarbonyl (C=S) groups is 1. The lowest BCUT2D eigenvalue weighted by atomic mass is 10.1. The van der Waals surface area contributed by atoms with Crippen LogP contribution in [0.2, 0.25) is 5.02 Å². The van der Waals surface area contributed by atoms with E-state index in [-0.39, 0.29) is 18.4 Å². The molecule has 1 fully saturated rings. The molecule has 1 N–H and O–H groups in total. The number of ether oxygens (including phenoxy) is 1. The van der Waals surface area contributed by atoms with Crippen LogP contribution >= 0.6 is 35.6 Å². The third-order valence-electron chi connectivity index (χ3n) is 5.11. The van der Waals surface area contributed by atoms with Crippen LogP contribution in [0.5, 0.6) is 5.75 Å². The van der Waals surface area contributed by atoms with E-state index in [1.54, 1.807) is 36.4 Å². The fourth-order valence-corrected chi connectivity index (χ4v) is 4.77. The summed E-state index contributed by atoms with van der Waals surface area (Å²) in [5.74, 6) is 0.00716. The van der Waals surface area contributed by atoms with Crippen molar-refractivity contribution in [1.82, 2.24) is 0 Å². The molecule has 0 spiro atoms. The number of rotatable bonds is 6. The summed E-state index contributed by atoms with van der Waals surface area (Å²) in [7, 11) is 0. The first-order valence-corrected chi connectivity index (χ1v) is 12.0. The number of carbonyl (C=O) groups is 2. The van der Waals surface area contributed by atoms with Crippen molar-refractivity contribution in [3.05, 3.63) is 93.3 Å². The molecule has 5 nitrogen and oxygen atoms in total. The van der Waals surface area contributed by atoms with E-state index < -0.39 is 0 Å². The average Bonchev–Trinajstić information content (AvgIpc) is 3.09. The predicted octanol–water partition coefficient (Wildman–Crippen LogP) is 6.38. The van der Waals surface area contributed by atoms with E-state index in [2.05, 4.69) is 5.32 Å². The minimum absolute atomic E-state index is 0.163. The number of para-hydroxylation sites is 1. The molecule has 0 aromatic heterocycles. The Morgan fingerprint density at radius 2 is 1.85 bits per heavy atom. The lowest BCUT2D eigenvalue weighted by Crippen LogP contribution is -2.27. The third-order valence-corrected chi connectivity index (χ3v) is 6.66. The van der Waals surface area contributed by atoms with Crippen molar-refractivity contribution in [3.63, 3.8) is 0 Å². The molecule has 1 heterocycles. The first-order valence-electron chi connectivity index (χ1n) is 10.4. The highest BCUT2D eigenvalue weighted by molar-refractivity contribution is 8.27. The zero-order chi connectivity index (χ0) is 24.2. The van der Waals surface area contributed by atoms with Gasteiger partial charge < -0.3 is 10.1 Å². The molecule has 0 atom stereocenters. The SMILES string of the molecule is Cc1ccc(C)c(NC(=O)COc2ccccc2/C=C2\SC(=S)N(c3ccc(Cl)cc3)C2=O)c1. The maximum atomic E-state index is 13.1. The smallest absolute Gasteiger partial charge is 0.270 e. The van der Waals surface area contributed by atoms with E-state index >= 15 is 0 Å². The van der Waals surface area contributed by atoms with E-state index in [1.807, 2.05) is 50.2 Å². The van der Waals surface area contributed by atoms with E-state index in [9.17, 15) is 9.59 Å². The van der Waals surface area contributed by atoms with Gasteiger partial charge in [-0.15, -0.1) is 0 Å². The summed E-state index contributed by atoms with van der Waals surface area (Å²) in [4.78, 5) is 27.5. The fraction of sp³-hybridized carbons (Fsp3) is 0.115. The van der Waals surface area contributed by atoms with Crippen LogP contribution in [-0.4, -0.2) is 22.7 Å². The molecule has 3 aromatic rings. The number of carbonyl (C=O) groups excluding carboxylic acids is 2. The van der Waals surface area contributed by atoms with Crippen molar-refractivity contribution >= 4 is 69.2 Å². The van der Waals surface area contributed by atoms with Crippen LogP contribution < -0.4 is 15.0 Å². The van der Waals surface area contributed by atoms with Gasteiger partial charge in [0.05, 0.1) is 10.6 Å². The molecule has 3 aromatic carbocycles. The number of halogens is 1. The summed E-state index contributed by atoms with van der Waals surface area (Å²) in [5.41, 5.74) is 4.12. The Labute approximate surface area is 212 Å². The van der Waals surface area contributed by atoms with Crippen LogP contribution in [0.3, 0.4) is 0 Å². The summed E-state index contributed by atoms with van der Waals surface area (Å²) in [6.07, 6.45) is 1.73. The van der Waals surface area contributed by atoms with Gasteiger partial charge >= 0.3 is 0 Å². The van der Waals surface area contributed by atoms with Gasteiger partial charge in [0.25, 0.3) is 11.8 Å². The van der Waals surface area contributed by atoms with Gasteiger partial charge in [0.15, 0.2) is 10.9 Å². The Balaban J connectivity index is 1.48. The molecular weight excluding hydrogens is 488 g/mol. The quantitative estimate of drug-likeness (QED) is 0.309. The third kappa shape index (κ3) is 5.50. The van der Waals surface area contributed by atoms with Gasteiger partial charge in [-0.05, 0) is 67.4 Å². The molecule has 1 aliphatic rings. The summed E-state index contributed by atoms with van der Waals surface area (Å²) < 4.78 is 6.24. The van der Waals surface area contributed by atoms with Crippen LogP contribution in [0.25, 0.3) is 6.08 Å².